The molecule has 0 saturated heterocycles. The van der Waals surface area contributed by atoms with Crippen molar-refractivity contribution in [1.29, 1.82) is 0 Å². The van der Waals surface area contributed by atoms with Gasteiger partial charge in [0.25, 0.3) is 0 Å². The van der Waals surface area contributed by atoms with Crippen molar-refractivity contribution in [2.75, 3.05) is 13.2 Å². The number of carbonyl (C=O) groups is 1. The van der Waals surface area contributed by atoms with Gasteiger partial charge in [-0.2, -0.15) is 0 Å². The smallest absolute Gasteiger partial charge is 0.221 e. The zero-order valence-corrected chi connectivity index (χ0v) is 15.1. The number of aromatic nitrogens is 2. The van der Waals surface area contributed by atoms with Crippen LogP contribution in [0.15, 0.2) is 60.9 Å². The minimum atomic E-state index is 0.0545. The molecule has 5 nitrogen and oxygen atoms in total. The van der Waals surface area contributed by atoms with E-state index in [9.17, 15) is 4.79 Å². The van der Waals surface area contributed by atoms with Gasteiger partial charge in [-0.05, 0) is 31.0 Å². The Hall–Kier alpha value is -2.66. The van der Waals surface area contributed by atoms with E-state index >= 15 is 0 Å². The molecule has 1 heterocycles. The molecule has 3 aromatic rings. The normalized spacial score (nSPS) is 12.2. The Balaban J connectivity index is 1.32. The van der Waals surface area contributed by atoms with Gasteiger partial charge in [-0.3, -0.25) is 4.79 Å². The maximum Gasteiger partial charge on any atom is 0.221 e. The van der Waals surface area contributed by atoms with E-state index in [1.54, 1.807) is 6.33 Å². The highest BCUT2D eigenvalue weighted by Crippen LogP contribution is 2.15. The van der Waals surface area contributed by atoms with Crippen LogP contribution in [-0.4, -0.2) is 28.6 Å². The third-order valence-corrected chi connectivity index (χ3v) is 4.39. The Morgan fingerprint density at radius 3 is 2.77 bits per heavy atom. The first-order valence-electron chi connectivity index (χ1n) is 9.07. The van der Waals surface area contributed by atoms with E-state index in [-0.39, 0.29) is 12.0 Å². The van der Waals surface area contributed by atoms with Crippen LogP contribution in [0.2, 0.25) is 0 Å². The molecule has 0 aliphatic rings. The summed E-state index contributed by atoms with van der Waals surface area (Å²) in [4.78, 5) is 16.3. The van der Waals surface area contributed by atoms with Crippen LogP contribution in [0.25, 0.3) is 11.0 Å². The molecule has 0 bridgehead atoms. The summed E-state index contributed by atoms with van der Waals surface area (Å²) in [7, 11) is 0. The van der Waals surface area contributed by atoms with Crippen molar-refractivity contribution in [1.82, 2.24) is 14.9 Å². The number of nitrogens with one attached hydrogen (secondary N) is 1. The third-order valence-electron chi connectivity index (χ3n) is 4.39. The number of para-hydroxylation sites is 2. The first kappa shape index (κ1) is 18.1. The predicted octanol–water partition coefficient (Wildman–Crippen LogP) is 3.71. The number of benzene rings is 2. The zero-order chi connectivity index (χ0) is 18.2. The number of amides is 1. The molecule has 0 aliphatic heterocycles. The van der Waals surface area contributed by atoms with Crippen molar-refractivity contribution in [3.8, 4) is 0 Å². The van der Waals surface area contributed by atoms with Gasteiger partial charge < -0.3 is 14.6 Å². The van der Waals surface area contributed by atoms with Gasteiger partial charge in [-0.25, -0.2) is 4.98 Å². The fraction of sp³-hybridized carbons (Fsp3) is 0.333. The second-order valence-corrected chi connectivity index (χ2v) is 6.30. The lowest BCUT2D eigenvalue weighted by molar-refractivity contribution is -0.121. The van der Waals surface area contributed by atoms with Crippen LogP contribution in [0.5, 0.6) is 0 Å². The number of imidazole rings is 1. The molecule has 0 radical (unpaired) electrons. The highest BCUT2D eigenvalue weighted by molar-refractivity contribution is 5.77. The van der Waals surface area contributed by atoms with E-state index in [2.05, 4.69) is 22.4 Å². The lowest BCUT2D eigenvalue weighted by atomic mass is 10.1. The number of aryl methyl sites for hydroxylation is 1. The predicted molar refractivity (Wildman–Crippen MR) is 103 cm³/mol. The van der Waals surface area contributed by atoms with E-state index < -0.39 is 0 Å². The molecule has 0 saturated carbocycles. The van der Waals surface area contributed by atoms with Crippen LogP contribution >= 0.6 is 0 Å². The number of rotatable bonds is 9. The monoisotopic (exact) mass is 351 g/mol. The molecule has 26 heavy (non-hydrogen) atoms. The average Bonchev–Trinajstić information content (AvgIpc) is 3.10. The molecule has 136 valence electrons. The molecule has 1 unspecified atom stereocenters. The van der Waals surface area contributed by atoms with E-state index in [1.807, 2.05) is 54.0 Å². The topological polar surface area (TPSA) is 56.1 Å². The molecule has 5 heteroatoms. The fourth-order valence-electron chi connectivity index (χ4n) is 2.88. The van der Waals surface area contributed by atoms with Crippen molar-refractivity contribution in [2.45, 2.75) is 32.4 Å². The van der Waals surface area contributed by atoms with Crippen LogP contribution in [0.4, 0.5) is 0 Å². The largest absolute Gasteiger partial charge is 0.374 e. The molecule has 1 amide bonds. The van der Waals surface area contributed by atoms with Crippen molar-refractivity contribution in [3.05, 3.63) is 66.5 Å². The third kappa shape index (κ3) is 4.92. The SMILES string of the molecule is CC(OCCCNC(=O)CCn1cnc2ccccc21)c1ccccc1. The number of ether oxygens (including phenoxy) is 1. The molecular weight excluding hydrogens is 326 g/mol. The fourth-order valence-corrected chi connectivity index (χ4v) is 2.88. The summed E-state index contributed by atoms with van der Waals surface area (Å²) in [6, 6.07) is 18.1. The van der Waals surface area contributed by atoms with E-state index in [0.29, 0.717) is 26.1 Å². The molecule has 0 spiro atoms. The Labute approximate surface area is 154 Å². The number of hydrogen-bond acceptors (Lipinski definition) is 3. The van der Waals surface area contributed by atoms with Crippen LogP contribution < -0.4 is 5.32 Å². The van der Waals surface area contributed by atoms with Gasteiger partial charge in [0.2, 0.25) is 5.91 Å². The van der Waals surface area contributed by atoms with E-state index in [0.717, 1.165) is 17.5 Å². The van der Waals surface area contributed by atoms with Crippen LogP contribution in [-0.2, 0) is 16.1 Å². The summed E-state index contributed by atoms with van der Waals surface area (Å²) in [6.45, 7) is 3.94. The van der Waals surface area contributed by atoms with Crippen molar-refractivity contribution < 1.29 is 9.53 Å². The van der Waals surface area contributed by atoms with Gasteiger partial charge in [-0.15, -0.1) is 0 Å². The van der Waals surface area contributed by atoms with Crippen LogP contribution in [0.1, 0.15) is 31.4 Å². The lowest BCUT2D eigenvalue weighted by Crippen LogP contribution is -2.26. The number of nitrogens with zero attached hydrogens (tertiary/aromatic N) is 2. The quantitative estimate of drug-likeness (QED) is 0.598. The highest BCUT2D eigenvalue weighted by atomic mass is 16.5. The number of carbonyl (C=O) groups excluding carboxylic acids is 1. The Bertz CT molecular complexity index is 829. The zero-order valence-electron chi connectivity index (χ0n) is 15.1. The molecular formula is C21H25N3O2. The molecule has 1 N–H and O–H groups in total. The van der Waals surface area contributed by atoms with Crippen molar-refractivity contribution in [2.24, 2.45) is 0 Å². The molecule has 1 atom stereocenters. The van der Waals surface area contributed by atoms with E-state index in [1.165, 1.54) is 5.56 Å². The molecule has 1 aromatic heterocycles. The second kappa shape index (κ2) is 9.15. The Morgan fingerprint density at radius 2 is 1.92 bits per heavy atom. The van der Waals surface area contributed by atoms with Gasteiger partial charge >= 0.3 is 0 Å². The summed E-state index contributed by atoms with van der Waals surface area (Å²) >= 11 is 0. The minimum Gasteiger partial charge on any atom is -0.374 e. The molecule has 0 fully saturated rings. The summed E-state index contributed by atoms with van der Waals surface area (Å²) in [5.74, 6) is 0.0545. The standard InChI is InChI=1S/C21H25N3O2/c1-17(18-8-3-2-4-9-18)26-15-7-13-22-21(25)12-14-24-16-23-19-10-5-6-11-20(19)24/h2-6,8-11,16-17H,7,12-15H2,1H3,(H,22,25). The van der Waals surface area contributed by atoms with Crippen molar-refractivity contribution >= 4 is 16.9 Å². The minimum absolute atomic E-state index is 0.0545. The maximum atomic E-state index is 12.0. The van der Waals surface area contributed by atoms with E-state index in [4.69, 9.17) is 4.74 Å². The van der Waals surface area contributed by atoms with Gasteiger partial charge in [0.1, 0.15) is 0 Å². The summed E-state index contributed by atoms with van der Waals surface area (Å²) < 4.78 is 7.83. The Kier molecular flexibility index (Phi) is 6.39. The summed E-state index contributed by atoms with van der Waals surface area (Å²) in [6.07, 6.45) is 3.11. The van der Waals surface area contributed by atoms with Gasteiger partial charge in [-0.1, -0.05) is 42.5 Å². The second-order valence-electron chi connectivity index (χ2n) is 6.30. The maximum absolute atomic E-state index is 12.0. The molecule has 0 aliphatic carbocycles. The summed E-state index contributed by atoms with van der Waals surface area (Å²) in [5.41, 5.74) is 3.19. The number of hydrogen-bond donors (Lipinski definition) is 1. The highest BCUT2D eigenvalue weighted by Gasteiger charge is 2.06. The number of fused-ring (bicyclic) bond motifs is 1. The first-order valence-corrected chi connectivity index (χ1v) is 9.07. The average molecular weight is 351 g/mol. The lowest BCUT2D eigenvalue weighted by Gasteiger charge is -2.13. The van der Waals surface area contributed by atoms with Crippen LogP contribution in [0, 0.1) is 0 Å². The first-order chi connectivity index (χ1) is 12.7. The summed E-state index contributed by atoms with van der Waals surface area (Å²) in [5, 5.41) is 2.95. The molecule has 2 aromatic carbocycles. The Morgan fingerprint density at radius 1 is 1.15 bits per heavy atom. The van der Waals surface area contributed by atoms with Gasteiger partial charge in [0, 0.05) is 26.1 Å². The molecule has 3 rings (SSSR count). The van der Waals surface area contributed by atoms with Gasteiger partial charge in [0.15, 0.2) is 0 Å². The van der Waals surface area contributed by atoms with Crippen molar-refractivity contribution in [3.63, 3.8) is 0 Å². The van der Waals surface area contributed by atoms with Crippen LogP contribution in [0.3, 0.4) is 0 Å². The van der Waals surface area contributed by atoms with Gasteiger partial charge in [0.05, 0.1) is 23.5 Å².